The summed E-state index contributed by atoms with van der Waals surface area (Å²) in [6.07, 6.45) is 4.52. The summed E-state index contributed by atoms with van der Waals surface area (Å²) in [5, 5.41) is 6.79. The molecule has 1 saturated heterocycles. The van der Waals surface area contributed by atoms with Crippen molar-refractivity contribution in [3.8, 4) is 5.75 Å². The number of hydrogen-bond acceptors (Lipinski definition) is 6. The van der Waals surface area contributed by atoms with Crippen LogP contribution in [0, 0.1) is 0 Å². The number of morpholine rings is 1. The lowest BCUT2D eigenvalue weighted by molar-refractivity contribution is -0.140. The Morgan fingerprint density at radius 1 is 1.09 bits per heavy atom. The third kappa shape index (κ3) is 11.4. The molecule has 1 atom stereocenters. The molecule has 1 heterocycles. The summed E-state index contributed by atoms with van der Waals surface area (Å²) in [7, 11) is 3.12. The maximum Gasteiger partial charge on any atom is 0.305 e. The van der Waals surface area contributed by atoms with Gasteiger partial charge >= 0.3 is 5.97 Å². The third-order valence-corrected chi connectivity index (χ3v) is 5.58. The number of ether oxygens (including phenoxy) is 3. The van der Waals surface area contributed by atoms with Gasteiger partial charge in [0, 0.05) is 32.6 Å². The van der Waals surface area contributed by atoms with Crippen LogP contribution in [-0.4, -0.2) is 77.0 Å². The molecule has 1 aromatic carbocycles. The van der Waals surface area contributed by atoms with E-state index in [-0.39, 0.29) is 36.0 Å². The van der Waals surface area contributed by atoms with E-state index in [1.54, 1.807) is 7.11 Å². The minimum absolute atomic E-state index is 0. The fourth-order valence-electron chi connectivity index (χ4n) is 3.72. The molecule has 0 radical (unpaired) electrons. The van der Waals surface area contributed by atoms with E-state index in [0.717, 1.165) is 76.8 Å². The second-order valence-electron chi connectivity index (χ2n) is 7.82. The van der Waals surface area contributed by atoms with Crippen LogP contribution in [0.4, 0.5) is 0 Å². The Labute approximate surface area is 215 Å². The maximum atomic E-state index is 11.2. The molecular weight excluding hydrogens is 535 g/mol. The number of unbranched alkanes of at least 4 members (excludes halogenated alkanes) is 3. The van der Waals surface area contributed by atoms with Crippen molar-refractivity contribution in [1.82, 2.24) is 15.5 Å². The van der Waals surface area contributed by atoms with Crippen molar-refractivity contribution in [3.63, 3.8) is 0 Å². The summed E-state index contributed by atoms with van der Waals surface area (Å²) in [6.45, 7) is 7.73. The van der Waals surface area contributed by atoms with E-state index < -0.39 is 0 Å². The number of carbonyl (C=O) groups is 1. The van der Waals surface area contributed by atoms with Crippen molar-refractivity contribution in [2.75, 3.05) is 60.2 Å². The number of hydrogen-bond donors (Lipinski definition) is 2. The summed E-state index contributed by atoms with van der Waals surface area (Å²) in [4.78, 5) is 18.5. The molecule has 33 heavy (non-hydrogen) atoms. The lowest BCUT2D eigenvalue weighted by atomic mass is 10.0. The lowest BCUT2D eigenvalue weighted by Crippen LogP contribution is -2.42. The standard InChI is InChI=1S/C24H40N4O4.HI/c1-4-25-24(26-14-8-6-5-7-9-23(29)31-3)27-19-22(28-15-17-32-18-16-28)20-10-12-21(30-2)13-11-20;/h10-13,22H,4-9,14-19H2,1-3H3,(H2,25,26,27);1H. The van der Waals surface area contributed by atoms with Crippen molar-refractivity contribution in [2.24, 2.45) is 4.99 Å². The second kappa shape index (κ2) is 17.8. The Bertz CT molecular complexity index is 682. The van der Waals surface area contributed by atoms with Gasteiger partial charge in [0.15, 0.2) is 5.96 Å². The third-order valence-electron chi connectivity index (χ3n) is 5.58. The van der Waals surface area contributed by atoms with E-state index in [1.807, 2.05) is 12.1 Å². The Hall–Kier alpha value is -1.59. The molecule has 1 aliphatic rings. The van der Waals surface area contributed by atoms with Crippen LogP contribution < -0.4 is 15.4 Å². The molecule has 0 bridgehead atoms. The molecule has 1 aromatic rings. The van der Waals surface area contributed by atoms with Gasteiger partial charge in [0.25, 0.3) is 0 Å². The van der Waals surface area contributed by atoms with Gasteiger partial charge in [0.2, 0.25) is 0 Å². The first-order valence-electron chi connectivity index (χ1n) is 11.7. The molecule has 2 N–H and O–H groups in total. The molecule has 0 aliphatic carbocycles. The Morgan fingerprint density at radius 2 is 1.79 bits per heavy atom. The van der Waals surface area contributed by atoms with Gasteiger partial charge in [-0.25, -0.2) is 0 Å². The lowest BCUT2D eigenvalue weighted by Gasteiger charge is -2.34. The number of aliphatic imine (C=N–C) groups is 1. The molecule has 0 spiro atoms. The van der Waals surface area contributed by atoms with Gasteiger partial charge in [-0.2, -0.15) is 0 Å². The summed E-state index contributed by atoms with van der Waals surface area (Å²) in [6, 6.07) is 8.47. The Morgan fingerprint density at radius 3 is 2.42 bits per heavy atom. The van der Waals surface area contributed by atoms with E-state index in [2.05, 4.69) is 39.3 Å². The van der Waals surface area contributed by atoms with Gasteiger partial charge in [0.05, 0.1) is 40.0 Å². The molecule has 1 aliphatic heterocycles. The van der Waals surface area contributed by atoms with Gasteiger partial charge < -0.3 is 24.8 Å². The van der Waals surface area contributed by atoms with Crippen molar-refractivity contribution >= 4 is 35.9 Å². The highest BCUT2D eigenvalue weighted by Gasteiger charge is 2.22. The van der Waals surface area contributed by atoms with Crippen molar-refractivity contribution in [1.29, 1.82) is 0 Å². The number of methoxy groups -OCH3 is 2. The van der Waals surface area contributed by atoms with Gasteiger partial charge in [0.1, 0.15) is 5.75 Å². The van der Waals surface area contributed by atoms with Crippen LogP contribution in [0.25, 0.3) is 0 Å². The van der Waals surface area contributed by atoms with Crippen LogP contribution in [0.3, 0.4) is 0 Å². The van der Waals surface area contributed by atoms with Gasteiger partial charge in [-0.15, -0.1) is 24.0 Å². The summed E-state index contributed by atoms with van der Waals surface area (Å²) < 4.78 is 15.5. The van der Waals surface area contributed by atoms with E-state index >= 15 is 0 Å². The SMILES string of the molecule is CCNC(=NCC(c1ccc(OC)cc1)N1CCOCC1)NCCCCCCC(=O)OC.I. The van der Waals surface area contributed by atoms with Crippen LogP contribution in [0.15, 0.2) is 29.3 Å². The second-order valence-corrected chi connectivity index (χ2v) is 7.82. The number of nitrogens with one attached hydrogen (secondary N) is 2. The van der Waals surface area contributed by atoms with Gasteiger partial charge in [-0.05, 0) is 37.5 Å². The number of carbonyl (C=O) groups excluding carboxylic acids is 1. The highest BCUT2D eigenvalue weighted by molar-refractivity contribution is 14.0. The van der Waals surface area contributed by atoms with Crippen LogP contribution in [0.2, 0.25) is 0 Å². The zero-order chi connectivity index (χ0) is 23.0. The largest absolute Gasteiger partial charge is 0.497 e. The average molecular weight is 577 g/mol. The number of nitrogens with zero attached hydrogens (tertiary/aromatic N) is 2. The van der Waals surface area contributed by atoms with E-state index in [0.29, 0.717) is 13.0 Å². The first-order chi connectivity index (χ1) is 15.7. The van der Waals surface area contributed by atoms with E-state index in [9.17, 15) is 4.79 Å². The van der Waals surface area contributed by atoms with E-state index in [4.69, 9.17) is 14.5 Å². The molecule has 8 nitrogen and oxygen atoms in total. The quantitative estimate of drug-likeness (QED) is 0.123. The Kier molecular flexibility index (Phi) is 15.9. The van der Waals surface area contributed by atoms with Crippen LogP contribution in [0.5, 0.6) is 5.75 Å². The zero-order valence-corrected chi connectivity index (χ0v) is 22.6. The van der Waals surface area contributed by atoms with Crippen molar-refractivity contribution in [2.45, 2.75) is 45.1 Å². The van der Waals surface area contributed by atoms with Crippen LogP contribution in [-0.2, 0) is 14.3 Å². The molecule has 0 amide bonds. The number of halogens is 1. The minimum Gasteiger partial charge on any atom is -0.497 e. The normalized spacial score (nSPS) is 15.3. The van der Waals surface area contributed by atoms with Crippen LogP contribution in [0.1, 0.15) is 50.6 Å². The predicted molar refractivity (Wildman–Crippen MR) is 143 cm³/mol. The zero-order valence-electron chi connectivity index (χ0n) is 20.3. The molecular formula is C24H41IN4O4. The summed E-state index contributed by atoms with van der Waals surface area (Å²) in [5.41, 5.74) is 1.23. The molecule has 1 fully saturated rings. The van der Waals surface area contributed by atoms with E-state index in [1.165, 1.54) is 12.7 Å². The number of esters is 1. The monoisotopic (exact) mass is 576 g/mol. The maximum absolute atomic E-state index is 11.2. The van der Waals surface area contributed by atoms with Crippen molar-refractivity contribution in [3.05, 3.63) is 29.8 Å². The molecule has 0 aromatic heterocycles. The smallest absolute Gasteiger partial charge is 0.305 e. The fraction of sp³-hybridized carbons (Fsp3) is 0.667. The predicted octanol–water partition coefficient (Wildman–Crippen LogP) is 3.37. The first-order valence-corrected chi connectivity index (χ1v) is 11.7. The molecule has 9 heteroatoms. The first kappa shape index (κ1) is 29.4. The fourth-order valence-corrected chi connectivity index (χ4v) is 3.72. The molecule has 188 valence electrons. The topological polar surface area (TPSA) is 84.4 Å². The number of guanidine groups is 1. The minimum atomic E-state index is -0.128. The summed E-state index contributed by atoms with van der Waals surface area (Å²) >= 11 is 0. The molecule has 0 saturated carbocycles. The van der Waals surface area contributed by atoms with Gasteiger partial charge in [-0.1, -0.05) is 25.0 Å². The highest BCUT2D eigenvalue weighted by atomic mass is 127. The van der Waals surface area contributed by atoms with Crippen molar-refractivity contribution < 1.29 is 19.0 Å². The Balaban J connectivity index is 0.00000544. The summed E-state index contributed by atoms with van der Waals surface area (Å²) in [5.74, 6) is 1.57. The van der Waals surface area contributed by atoms with Gasteiger partial charge in [-0.3, -0.25) is 14.7 Å². The number of benzene rings is 1. The average Bonchev–Trinajstić information content (AvgIpc) is 2.84. The molecule has 1 unspecified atom stereocenters. The number of rotatable bonds is 13. The highest BCUT2D eigenvalue weighted by Crippen LogP contribution is 2.24. The molecule has 2 rings (SSSR count). The van der Waals surface area contributed by atoms with Crippen LogP contribution >= 0.6 is 24.0 Å².